The minimum absolute atomic E-state index is 0.486. The predicted molar refractivity (Wildman–Crippen MR) is 87.0 cm³/mol. The van der Waals surface area contributed by atoms with E-state index in [4.69, 9.17) is 4.98 Å². The smallest absolute Gasteiger partial charge is 0.180 e. The Labute approximate surface area is 126 Å². The summed E-state index contributed by atoms with van der Waals surface area (Å²) >= 11 is 0. The zero-order chi connectivity index (χ0) is 15.0. The zero-order valence-corrected chi connectivity index (χ0v) is 13.4. The topological polar surface area (TPSA) is 45.5 Å². The van der Waals surface area contributed by atoms with Gasteiger partial charge < -0.3 is 14.6 Å². The summed E-state index contributed by atoms with van der Waals surface area (Å²) in [5.41, 5.74) is 1.42. The van der Waals surface area contributed by atoms with E-state index in [2.05, 4.69) is 36.1 Å². The molecule has 3 rings (SSSR count). The molecule has 0 bridgehead atoms. The van der Waals surface area contributed by atoms with Crippen molar-refractivity contribution in [3.63, 3.8) is 0 Å². The minimum atomic E-state index is 0.486. The number of anilines is 2. The summed E-state index contributed by atoms with van der Waals surface area (Å²) in [7, 11) is 4.05. The minimum Gasteiger partial charge on any atom is -0.372 e. The van der Waals surface area contributed by atoms with Crippen LogP contribution in [0.4, 0.5) is 11.6 Å². The first kappa shape index (κ1) is 14.2. The SMILES string of the molecule is CNc1cn2ccnc2c(N(C)C2CCC(C)(C)CC2)n1. The van der Waals surface area contributed by atoms with Crippen molar-refractivity contribution in [1.82, 2.24) is 14.4 Å². The lowest BCUT2D eigenvalue weighted by molar-refractivity contribution is 0.222. The molecular formula is C16H25N5. The van der Waals surface area contributed by atoms with E-state index in [1.807, 2.05) is 30.0 Å². The van der Waals surface area contributed by atoms with Crippen LogP contribution in [0, 0.1) is 5.41 Å². The highest BCUT2D eigenvalue weighted by Crippen LogP contribution is 2.38. The van der Waals surface area contributed by atoms with Gasteiger partial charge in [0.15, 0.2) is 11.5 Å². The van der Waals surface area contributed by atoms with Crippen molar-refractivity contribution in [2.45, 2.75) is 45.6 Å². The Morgan fingerprint density at radius 1 is 1.33 bits per heavy atom. The van der Waals surface area contributed by atoms with E-state index in [9.17, 15) is 0 Å². The Morgan fingerprint density at radius 3 is 2.71 bits per heavy atom. The molecule has 2 aromatic rings. The first-order valence-corrected chi connectivity index (χ1v) is 7.74. The number of rotatable bonds is 3. The van der Waals surface area contributed by atoms with Gasteiger partial charge >= 0.3 is 0 Å². The lowest BCUT2D eigenvalue weighted by atomic mass is 9.75. The van der Waals surface area contributed by atoms with Crippen LogP contribution in [0.3, 0.4) is 0 Å². The highest BCUT2D eigenvalue weighted by molar-refractivity contribution is 5.66. The fourth-order valence-electron chi connectivity index (χ4n) is 3.22. The first-order chi connectivity index (χ1) is 10.00. The van der Waals surface area contributed by atoms with Crippen LogP contribution in [0.15, 0.2) is 18.6 Å². The summed E-state index contributed by atoms with van der Waals surface area (Å²) in [6.07, 6.45) is 10.8. The fourth-order valence-corrected chi connectivity index (χ4v) is 3.22. The predicted octanol–water partition coefficient (Wildman–Crippen LogP) is 3.18. The molecule has 1 aliphatic carbocycles. The Morgan fingerprint density at radius 2 is 2.05 bits per heavy atom. The van der Waals surface area contributed by atoms with Gasteiger partial charge in [-0.25, -0.2) is 9.97 Å². The summed E-state index contributed by atoms with van der Waals surface area (Å²) in [6, 6.07) is 0.554. The Kier molecular flexibility index (Phi) is 3.51. The van der Waals surface area contributed by atoms with Gasteiger partial charge in [-0.1, -0.05) is 13.8 Å². The molecule has 5 heteroatoms. The fraction of sp³-hybridized carbons (Fsp3) is 0.625. The van der Waals surface area contributed by atoms with Crippen LogP contribution in [0.25, 0.3) is 5.65 Å². The molecule has 5 nitrogen and oxygen atoms in total. The van der Waals surface area contributed by atoms with Crippen LogP contribution >= 0.6 is 0 Å². The molecule has 114 valence electrons. The summed E-state index contributed by atoms with van der Waals surface area (Å²) in [5, 5.41) is 3.13. The van der Waals surface area contributed by atoms with E-state index >= 15 is 0 Å². The van der Waals surface area contributed by atoms with E-state index in [0.717, 1.165) is 17.3 Å². The Balaban J connectivity index is 1.90. The Bertz CT molecular complexity index is 621. The molecule has 0 aromatic carbocycles. The Hall–Kier alpha value is -1.78. The molecule has 2 aromatic heterocycles. The van der Waals surface area contributed by atoms with Crippen molar-refractivity contribution in [2.75, 3.05) is 24.3 Å². The second kappa shape index (κ2) is 5.20. The van der Waals surface area contributed by atoms with Crippen LogP contribution in [0.2, 0.25) is 0 Å². The molecule has 21 heavy (non-hydrogen) atoms. The second-order valence-electron chi connectivity index (χ2n) is 6.86. The number of nitrogens with zero attached hydrogens (tertiary/aromatic N) is 4. The molecule has 0 spiro atoms. The third-order valence-corrected chi connectivity index (χ3v) is 4.80. The summed E-state index contributed by atoms with van der Waals surface area (Å²) < 4.78 is 2.04. The number of nitrogens with one attached hydrogen (secondary N) is 1. The number of imidazole rings is 1. The number of fused-ring (bicyclic) bond motifs is 1. The molecule has 0 unspecified atom stereocenters. The summed E-state index contributed by atoms with van der Waals surface area (Å²) in [6.45, 7) is 4.74. The average molecular weight is 287 g/mol. The van der Waals surface area contributed by atoms with Gasteiger partial charge in [-0.2, -0.15) is 0 Å². The van der Waals surface area contributed by atoms with Crippen molar-refractivity contribution in [3.8, 4) is 0 Å². The molecule has 1 fully saturated rings. The molecule has 2 heterocycles. The van der Waals surface area contributed by atoms with Gasteiger partial charge in [-0.15, -0.1) is 0 Å². The number of hydrogen-bond donors (Lipinski definition) is 1. The zero-order valence-electron chi connectivity index (χ0n) is 13.4. The van der Waals surface area contributed by atoms with E-state index in [1.165, 1.54) is 25.7 Å². The van der Waals surface area contributed by atoms with Gasteiger partial charge in [0, 0.05) is 32.5 Å². The van der Waals surface area contributed by atoms with Gasteiger partial charge in [0.05, 0.1) is 6.20 Å². The van der Waals surface area contributed by atoms with Gasteiger partial charge in [0.1, 0.15) is 5.82 Å². The lowest BCUT2D eigenvalue weighted by Gasteiger charge is -2.39. The summed E-state index contributed by atoms with van der Waals surface area (Å²) in [5.74, 6) is 1.84. The normalized spacial score (nSPS) is 18.9. The largest absolute Gasteiger partial charge is 0.372 e. The van der Waals surface area contributed by atoms with E-state index in [-0.39, 0.29) is 0 Å². The van der Waals surface area contributed by atoms with Crippen molar-refractivity contribution in [3.05, 3.63) is 18.6 Å². The van der Waals surface area contributed by atoms with Crippen LogP contribution in [0.5, 0.6) is 0 Å². The van der Waals surface area contributed by atoms with E-state index in [1.54, 1.807) is 0 Å². The van der Waals surface area contributed by atoms with E-state index in [0.29, 0.717) is 11.5 Å². The first-order valence-electron chi connectivity index (χ1n) is 7.74. The molecule has 0 atom stereocenters. The quantitative estimate of drug-likeness (QED) is 0.942. The van der Waals surface area contributed by atoms with Gasteiger partial charge in [-0.05, 0) is 31.1 Å². The third-order valence-electron chi connectivity index (χ3n) is 4.80. The molecule has 0 aliphatic heterocycles. The van der Waals surface area contributed by atoms with Crippen molar-refractivity contribution < 1.29 is 0 Å². The monoisotopic (exact) mass is 287 g/mol. The van der Waals surface area contributed by atoms with Crippen molar-refractivity contribution in [2.24, 2.45) is 5.41 Å². The lowest BCUT2D eigenvalue weighted by Crippen LogP contribution is -2.38. The summed E-state index contributed by atoms with van der Waals surface area (Å²) in [4.78, 5) is 11.5. The maximum atomic E-state index is 4.73. The van der Waals surface area contributed by atoms with Gasteiger partial charge in [0.2, 0.25) is 0 Å². The van der Waals surface area contributed by atoms with E-state index < -0.39 is 0 Å². The highest BCUT2D eigenvalue weighted by Gasteiger charge is 2.30. The molecule has 1 saturated carbocycles. The van der Waals surface area contributed by atoms with Crippen LogP contribution in [0.1, 0.15) is 39.5 Å². The molecular weight excluding hydrogens is 262 g/mol. The van der Waals surface area contributed by atoms with Crippen LogP contribution < -0.4 is 10.2 Å². The van der Waals surface area contributed by atoms with Crippen molar-refractivity contribution in [1.29, 1.82) is 0 Å². The van der Waals surface area contributed by atoms with Gasteiger partial charge in [0.25, 0.3) is 0 Å². The number of aromatic nitrogens is 3. The molecule has 0 saturated heterocycles. The molecule has 0 radical (unpaired) electrons. The third kappa shape index (κ3) is 2.69. The average Bonchev–Trinajstić information content (AvgIpc) is 2.93. The number of hydrogen-bond acceptors (Lipinski definition) is 4. The van der Waals surface area contributed by atoms with Gasteiger partial charge in [-0.3, -0.25) is 0 Å². The van der Waals surface area contributed by atoms with Crippen molar-refractivity contribution >= 4 is 17.3 Å². The van der Waals surface area contributed by atoms with Crippen LogP contribution in [-0.2, 0) is 0 Å². The molecule has 0 amide bonds. The highest BCUT2D eigenvalue weighted by atomic mass is 15.2. The second-order valence-corrected chi connectivity index (χ2v) is 6.86. The molecule has 1 aliphatic rings. The maximum absolute atomic E-state index is 4.73. The van der Waals surface area contributed by atoms with Crippen LogP contribution in [-0.4, -0.2) is 34.5 Å². The maximum Gasteiger partial charge on any atom is 0.180 e. The standard InChI is InChI=1S/C16H25N5/c1-16(2)7-5-12(6-8-16)20(4)15-14-18-9-10-21(14)11-13(17-3)19-15/h9-12,17H,5-8H2,1-4H3. The molecule has 1 N–H and O–H groups in total.